The van der Waals surface area contributed by atoms with Gasteiger partial charge in [-0.25, -0.2) is 0 Å². The lowest BCUT2D eigenvalue weighted by Crippen LogP contribution is -2.40. The largest absolute Gasteiger partial charge is 0.481 e. The molecule has 102 valence electrons. The molecule has 1 aromatic heterocycles. The Hall–Kier alpha value is -1.62. The zero-order chi connectivity index (χ0) is 13.8. The van der Waals surface area contributed by atoms with Gasteiger partial charge in [0, 0.05) is 30.7 Å². The Labute approximate surface area is 116 Å². The molecule has 1 unspecified atom stereocenters. The predicted molar refractivity (Wildman–Crippen MR) is 70.1 cm³/mol. The summed E-state index contributed by atoms with van der Waals surface area (Å²) in [6.07, 6.45) is 3.27. The smallest absolute Gasteiger partial charge is 0.303 e. The molecule has 5 nitrogen and oxygen atoms in total. The van der Waals surface area contributed by atoms with E-state index in [4.69, 9.17) is 16.7 Å². The molecule has 0 spiro atoms. The van der Waals surface area contributed by atoms with Crippen molar-refractivity contribution in [3.05, 3.63) is 29.0 Å². The van der Waals surface area contributed by atoms with Crippen LogP contribution in [-0.2, 0) is 4.79 Å². The van der Waals surface area contributed by atoms with Crippen molar-refractivity contribution >= 4 is 23.5 Å². The van der Waals surface area contributed by atoms with Gasteiger partial charge in [0.2, 0.25) is 0 Å². The first kappa shape index (κ1) is 13.8. The van der Waals surface area contributed by atoms with Crippen LogP contribution in [0, 0.1) is 5.92 Å². The summed E-state index contributed by atoms with van der Waals surface area (Å²) in [7, 11) is 0. The maximum Gasteiger partial charge on any atom is 0.303 e. The second kappa shape index (κ2) is 6.02. The first-order chi connectivity index (χ1) is 9.06. The molecule has 0 bridgehead atoms. The van der Waals surface area contributed by atoms with Gasteiger partial charge >= 0.3 is 5.97 Å². The fraction of sp³-hybridized carbons (Fsp3) is 0.462. The van der Waals surface area contributed by atoms with Crippen molar-refractivity contribution in [2.75, 3.05) is 13.1 Å². The lowest BCUT2D eigenvalue weighted by Gasteiger charge is -2.31. The van der Waals surface area contributed by atoms with Gasteiger partial charge in [-0.1, -0.05) is 11.6 Å². The van der Waals surface area contributed by atoms with Gasteiger partial charge in [0.1, 0.15) is 5.69 Å². The van der Waals surface area contributed by atoms with Gasteiger partial charge in [-0.2, -0.15) is 0 Å². The van der Waals surface area contributed by atoms with E-state index in [1.165, 1.54) is 12.3 Å². The fourth-order valence-corrected chi connectivity index (χ4v) is 2.51. The van der Waals surface area contributed by atoms with E-state index in [1.807, 2.05) is 0 Å². The fourth-order valence-electron chi connectivity index (χ4n) is 2.35. The molecule has 19 heavy (non-hydrogen) atoms. The number of halogens is 1. The van der Waals surface area contributed by atoms with Crippen LogP contribution in [0.25, 0.3) is 0 Å². The summed E-state index contributed by atoms with van der Waals surface area (Å²) in [6, 6.07) is 3.15. The molecular formula is C13H15ClN2O3. The molecule has 0 aromatic carbocycles. The number of hydrogen-bond donors (Lipinski definition) is 1. The highest BCUT2D eigenvalue weighted by Crippen LogP contribution is 2.21. The van der Waals surface area contributed by atoms with Crippen LogP contribution >= 0.6 is 11.6 Å². The van der Waals surface area contributed by atoms with Crippen LogP contribution in [-0.4, -0.2) is 40.0 Å². The number of likely N-dealkylation sites (tertiary alicyclic amines) is 1. The molecule has 1 amide bonds. The summed E-state index contributed by atoms with van der Waals surface area (Å²) in [5.74, 6) is -0.979. The summed E-state index contributed by atoms with van der Waals surface area (Å²) >= 11 is 5.84. The van der Waals surface area contributed by atoms with Gasteiger partial charge in [-0.05, 0) is 30.9 Å². The van der Waals surface area contributed by atoms with Crippen LogP contribution in [0.3, 0.4) is 0 Å². The highest BCUT2D eigenvalue weighted by atomic mass is 35.5. The van der Waals surface area contributed by atoms with Crippen molar-refractivity contribution < 1.29 is 14.7 Å². The molecule has 1 aliphatic rings. The van der Waals surface area contributed by atoms with E-state index in [0.717, 1.165) is 12.8 Å². The van der Waals surface area contributed by atoms with Gasteiger partial charge < -0.3 is 10.0 Å². The van der Waals surface area contributed by atoms with E-state index in [1.54, 1.807) is 11.0 Å². The second-order valence-corrected chi connectivity index (χ2v) is 5.15. The van der Waals surface area contributed by atoms with E-state index < -0.39 is 5.97 Å². The molecule has 2 rings (SSSR count). The molecule has 0 aliphatic carbocycles. The average Bonchev–Trinajstić information content (AvgIpc) is 2.37. The minimum absolute atomic E-state index is 0.0226. The SMILES string of the molecule is O=C(O)CC1CCCN(C(=O)c2cc(Cl)ccn2)C1. The number of aromatic nitrogens is 1. The normalized spacial score (nSPS) is 19.2. The Morgan fingerprint density at radius 3 is 3.00 bits per heavy atom. The molecule has 1 fully saturated rings. The van der Waals surface area contributed by atoms with Crippen LogP contribution in [0.4, 0.5) is 0 Å². The molecule has 0 saturated carbocycles. The van der Waals surface area contributed by atoms with E-state index >= 15 is 0 Å². The molecule has 1 saturated heterocycles. The third kappa shape index (κ3) is 3.67. The van der Waals surface area contributed by atoms with Crippen LogP contribution in [0.5, 0.6) is 0 Å². The zero-order valence-electron chi connectivity index (χ0n) is 10.4. The third-order valence-electron chi connectivity index (χ3n) is 3.21. The van der Waals surface area contributed by atoms with E-state index in [2.05, 4.69) is 4.98 Å². The Morgan fingerprint density at radius 2 is 2.32 bits per heavy atom. The number of carboxylic acids is 1. The maximum absolute atomic E-state index is 12.2. The van der Waals surface area contributed by atoms with Gasteiger partial charge in [0.05, 0.1) is 0 Å². The minimum Gasteiger partial charge on any atom is -0.481 e. The van der Waals surface area contributed by atoms with Gasteiger partial charge in [-0.15, -0.1) is 0 Å². The Balaban J connectivity index is 2.04. The predicted octanol–water partition coefficient (Wildman–Crippen LogP) is 2.06. The van der Waals surface area contributed by atoms with Crippen LogP contribution in [0.15, 0.2) is 18.3 Å². The number of piperidine rings is 1. The van der Waals surface area contributed by atoms with Crippen molar-refractivity contribution in [3.8, 4) is 0 Å². The lowest BCUT2D eigenvalue weighted by atomic mass is 9.94. The van der Waals surface area contributed by atoms with Crippen LogP contribution < -0.4 is 0 Å². The Bertz CT molecular complexity index is 493. The number of nitrogens with zero attached hydrogens (tertiary/aromatic N) is 2. The maximum atomic E-state index is 12.2. The second-order valence-electron chi connectivity index (χ2n) is 4.72. The van der Waals surface area contributed by atoms with E-state index in [9.17, 15) is 9.59 Å². The summed E-state index contributed by atoms with van der Waals surface area (Å²) in [5.41, 5.74) is 0.309. The van der Waals surface area contributed by atoms with Crippen molar-refractivity contribution in [1.82, 2.24) is 9.88 Å². The van der Waals surface area contributed by atoms with Crippen molar-refractivity contribution in [1.29, 1.82) is 0 Å². The molecule has 0 radical (unpaired) electrons. The van der Waals surface area contributed by atoms with Crippen molar-refractivity contribution in [3.63, 3.8) is 0 Å². The highest BCUT2D eigenvalue weighted by Gasteiger charge is 2.26. The Kier molecular flexibility index (Phi) is 4.37. The van der Waals surface area contributed by atoms with Crippen molar-refractivity contribution in [2.45, 2.75) is 19.3 Å². The summed E-state index contributed by atoms with van der Waals surface area (Å²) in [6.45, 7) is 1.11. The molecular weight excluding hydrogens is 268 g/mol. The molecule has 1 aliphatic heterocycles. The molecule has 1 aromatic rings. The Morgan fingerprint density at radius 1 is 1.53 bits per heavy atom. The van der Waals surface area contributed by atoms with E-state index in [-0.39, 0.29) is 18.2 Å². The van der Waals surface area contributed by atoms with Gasteiger partial charge in [0.15, 0.2) is 0 Å². The number of aliphatic carboxylic acids is 1. The standard InChI is InChI=1S/C13H15ClN2O3/c14-10-3-4-15-11(7-10)13(19)16-5-1-2-9(8-16)6-12(17)18/h3-4,7,9H,1-2,5-6,8H2,(H,17,18). The van der Waals surface area contributed by atoms with Crippen LogP contribution in [0.2, 0.25) is 5.02 Å². The average molecular weight is 283 g/mol. The number of rotatable bonds is 3. The number of carboxylic acid groups (broad SMARTS) is 1. The first-order valence-corrected chi connectivity index (χ1v) is 6.56. The first-order valence-electron chi connectivity index (χ1n) is 6.19. The van der Waals surface area contributed by atoms with Gasteiger partial charge in [-0.3, -0.25) is 14.6 Å². The molecule has 2 heterocycles. The summed E-state index contributed by atoms with van der Waals surface area (Å²) < 4.78 is 0. The lowest BCUT2D eigenvalue weighted by molar-refractivity contribution is -0.138. The number of carbonyl (C=O) groups is 2. The summed E-state index contributed by atoms with van der Waals surface area (Å²) in [4.78, 5) is 28.6. The monoisotopic (exact) mass is 282 g/mol. The van der Waals surface area contributed by atoms with Crippen LogP contribution in [0.1, 0.15) is 29.8 Å². The van der Waals surface area contributed by atoms with Crippen molar-refractivity contribution in [2.24, 2.45) is 5.92 Å². The summed E-state index contributed by atoms with van der Waals surface area (Å²) in [5, 5.41) is 9.28. The van der Waals surface area contributed by atoms with Gasteiger partial charge in [0.25, 0.3) is 5.91 Å². The number of hydrogen-bond acceptors (Lipinski definition) is 3. The number of amides is 1. The third-order valence-corrected chi connectivity index (χ3v) is 3.45. The molecule has 6 heteroatoms. The highest BCUT2D eigenvalue weighted by molar-refractivity contribution is 6.30. The molecule has 1 N–H and O–H groups in total. The van der Waals surface area contributed by atoms with E-state index in [0.29, 0.717) is 23.8 Å². The zero-order valence-corrected chi connectivity index (χ0v) is 11.1. The quantitative estimate of drug-likeness (QED) is 0.921. The minimum atomic E-state index is -0.819. The molecule has 1 atom stereocenters. The number of carbonyl (C=O) groups excluding carboxylic acids is 1. The topological polar surface area (TPSA) is 70.5 Å². The number of pyridine rings is 1.